The molecule has 1 saturated heterocycles. The Labute approximate surface area is 153 Å². The molecule has 1 aliphatic heterocycles. The Morgan fingerprint density at radius 1 is 1.08 bits per heavy atom. The van der Waals surface area contributed by atoms with E-state index in [9.17, 15) is 14.4 Å². The number of halogens is 1. The van der Waals surface area contributed by atoms with Crippen LogP contribution in [0.4, 0.5) is 17.1 Å². The third-order valence-electron chi connectivity index (χ3n) is 3.79. The minimum atomic E-state index is -0.619. The standard InChI is InChI=1S/C18H16BrN3O3/c1-11(23)20-12-6-8-13(9-7-12)21-15-10-17(24)22(18(15)25)16-5-3-2-4-14(16)19/h2-9,15,21H,10H2,1H3,(H,20,23)/t15-/m0/s1. The maximum Gasteiger partial charge on any atom is 0.256 e. The minimum absolute atomic E-state index is 0.0909. The van der Waals surface area contributed by atoms with Gasteiger partial charge < -0.3 is 10.6 Å². The van der Waals surface area contributed by atoms with Gasteiger partial charge >= 0.3 is 0 Å². The van der Waals surface area contributed by atoms with E-state index in [0.29, 0.717) is 21.5 Å². The van der Waals surface area contributed by atoms with Crippen LogP contribution in [0.2, 0.25) is 0 Å². The van der Waals surface area contributed by atoms with Crippen molar-refractivity contribution in [1.29, 1.82) is 0 Å². The van der Waals surface area contributed by atoms with Crippen molar-refractivity contribution in [1.82, 2.24) is 0 Å². The highest BCUT2D eigenvalue weighted by Gasteiger charge is 2.40. The molecule has 0 unspecified atom stereocenters. The third-order valence-corrected chi connectivity index (χ3v) is 4.46. The van der Waals surface area contributed by atoms with Crippen LogP contribution in [0.5, 0.6) is 0 Å². The Bertz CT molecular complexity index is 836. The quantitative estimate of drug-likeness (QED) is 0.771. The lowest BCUT2D eigenvalue weighted by Crippen LogP contribution is -2.35. The van der Waals surface area contributed by atoms with Crippen LogP contribution >= 0.6 is 15.9 Å². The summed E-state index contributed by atoms with van der Waals surface area (Å²) in [5.74, 6) is -0.687. The van der Waals surface area contributed by atoms with Crippen LogP contribution < -0.4 is 15.5 Å². The van der Waals surface area contributed by atoms with Gasteiger partial charge in [0.25, 0.3) is 5.91 Å². The normalized spacial score (nSPS) is 16.9. The van der Waals surface area contributed by atoms with Gasteiger partial charge in [-0.05, 0) is 52.3 Å². The summed E-state index contributed by atoms with van der Waals surface area (Å²) in [4.78, 5) is 37.2. The van der Waals surface area contributed by atoms with Gasteiger partial charge in [-0.1, -0.05) is 12.1 Å². The van der Waals surface area contributed by atoms with Gasteiger partial charge in [0.2, 0.25) is 11.8 Å². The molecule has 2 N–H and O–H groups in total. The number of carbonyl (C=O) groups is 3. The maximum absolute atomic E-state index is 12.7. The molecule has 1 aliphatic rings. The molecule has 0 aromatic heterocycles. The predicted molar refractivity (Wildman–Crippen MR) is 99.4 cm³/mol. The Morgan fingerprint density at radius 3 is 2.36 bits per heavy atom. The number of amides is 3. The number of hydrogen-bond acceptors (Lipinski definition) is 4. The molecule has 128 valence electrons. The highest BCUT2D eigenvalue weighted by Crippen LogP contribution is 2.31. The lowest BCUT2D eigenvalue weighted by Gasteiger charge is -2.17. The molecular weight excluding hydrogens is 386 g/mol. The molecule has 3 rings (SSSR count). The molecule has 1 fully saturated rings. The van der Waals surface area contributed by atoms with Crippen molar-refractivity contribution in [3.63, 3.8) is 0 Å². The van der Waals surface area contributed by atoms with Gasteiger partial charge in [-0.15, -0.1) is 0 Å². The first kappa shape index (κ1) is 17.2. The van der Waals surface area contributed by atoms with E-state index in [2.05, 4.69) is 26.6 Å². The smallest absolute Gasteiger partial charge is 0.256 e. The number of nitrogens with one attached hydrogen (secondary N) is 2. The van der Waals surface area contributed by atoms with Gasteiger partial charge in [0.15, 0.2) is 0 Å². The zero-order valence-electron chi connectivity index (χ0n) is 13.5. The van der Waals surface area contributed by atoms with Crippen LogP contribution in [0, 0.1) is 0 Å². The molecule has 25 heavy (non-hydrogen) atoms. The van der Waals surface area contributed by atoms with E-state index in [4.69, 9.17) is 0 Å². The highest BCUT2D eigenvalue weighted by atomic mass is 79.9. The van der Waals surface area contributed by atoms with Gasteiger partial charge in [0, 0.05) is 22.8 Å². The molecule has 1 atom stereocenters. The molecule has 0 radical (unpaired) electrons. The zero-order valence-corrected chi connectivity index (χ0v) is 15.0. The van der Waals surface area contributed by atoms with Crippen molar-refractivity contribution in [2.24, 2.45) is 0 Å². The minimum Gasteiger partial charge on any atom is -0.373 e. The SMILES string of the molecule is CC(=O)Nc1ccc(N[C@H]2CC(=O)N(c3ccccc3Br)C2=O)cc1. The van der Waals surface area contributed by atoms with E-state index in [1.54, 1.807) is 42.5 Å². The van der Waals surface area contributed by atoms with Crippen LogP contribution in [0.1, 0.15) is 13.3 Å². The molecule has 0 bridgehead atoms. The van der Waals surface area contributed by atoms with Crippen LogP contribution in [0.15, 0.2) is 53.0 Å². The summed E-state index contributed by atoms with van der Waals surface area (Å²) < 4.78 is 0.692. The number of nitrogens with zero attached hydrogens (tertiary/aromatic N) is 1. The summed E-state index contributed by atoms with van der Waals surface area (Å²) in [6, 6.07) is 13.5. The summed E-state index contributed by atoms with van der Waals surface area (Å²) in [6.45, 7) is 1.44. The second-order valence-corrected chi connectivity index (χ2v) is 6.53. The second-order valence-electron chi connectivity index (χ2n) is 5.68. The third kappa shape index (κ3) is 3.71. The second kappa shape index (κ2) is 7.06. The molecule has 0 spiro atoms. The van der Waals surface area contributed by atoms with Crippen LogP contribution in [-0.2, 0) is 14.4 Å². The highest BCUT2D eigenvalue weighted by molar-refractivity contribution is 9.10. The average molecular weight is 402 g/mol. The van der Waals surface area contributed by atoms with Gasteiger partial charge in [-0.25, -0.2) is 4.90 Å². The summed E-state index contributed by atoms with van der Waals surface area (Å²) in [6.07, 6.45) is 0.0909. The van der Waals surface area contributed by atoms with E-state index in [1.807, 2.05) is 6.07 Å². The van der Waals surface area contributed by atoms with Crippen LogP contribution in [0.25, 0.3) is 0 Å². The van der Waals surface area contributed by atoms with E-state index >= 15 is 0 Å². The maximum atomic E-state index is 12.7. The average Bonchev–Trinajstić information content (AvgIpc) is 2.83. The van der Waals surface area contributed by atoms with Gasteiger partial charge in [0.05, 0.1) is 12.1 Å². The lowest BCUT2D eigenvalue weighted by molar-refractivity contribution is -0.121. The largest absolute Gasteiger partial charge is 0.373 e. The number of imide groups is 1. The summed E-state index contributed by atoms with van der Waals surface area (Å²) in [5, 5.41) is 5.76. The molecule has 0 saturated carbocycles. The number of anilines is 3. The predicted octanol–water partition coefficient (Wildman–Crippen LogP) is 3.15. The van der Waals surface area contributed by atoms with Gasteiger partial charge in [-0.3, -0.25) is 14.4 Å². The molecule has 0 aliphatic carbocycles. The molecule has 2 aromatic rings. The summed E-state index contributed by atoms with van der Waals surface area (Å²) in [5.41, 5.74) is 1.92. The monoisotopic (exact) mass is 401 g/mol. The fourth-order valence-electron chi connectivity index (χ4n) is 2.69. The van der Waals surface area contributed by atoms with Crippen LogP contribution in [0.3, 0.4) is 0 Å². The molecule has 7 heteroatoms. The van der Waals surface area contributed by atoms with Gasteiger partial charge in [-0.2, -0.15) is 0 Å². The Morgan fingerprint density at radius 2 is 1.72 bits per heavy atom. The van der Waals surface area contributed by atoms with Crippen molar-refractivity contribution in [2.45, 2.75) is 19.4 Å². The number of benzene rings is 2. The van der Waals surface area contributed by atoms with Gasteiger partial charge in [0.1, 0.15) is 6.04 Å². The van der Waals surface area contributed by atoms with Crippen molar-refractivity contribution < 1.29 is 14.4 Å². The summed E-state index contributed by atoms with van der Waals surface area (Å²) >= 11 is 3.37. The fraction of sp³-hybridized carbons (Fsp3) is 0.167. The number of hydrogen-bond donors (Lipinski definition) is 2. The van der Waals surface area contributed by atoms with Crippen molar-refractivity contribution >= 4 is 50.7 Å². The number of carbonyl (C=O) groups excluding carboxylic acids is 3. The van der Waals surface area contributed by atoms with Crippen molar-refractivity contribution in [3.8, 4) is 0 Å². The van der Waals surface area contributed by atoms with E-state index in [0.717, 1.165) is 0 Å². The lowest BCUT2D eigenvalue weighted by atomic mass is 10.2. The van der Waals surface area contributed by atoms with E-state index in [-0.39, 0.29) is 24.1 Å². The Kier molecular flexibility index (Phi) is 4.85. The first-order valence-corrected chi connectivity index (χ1v) is 8.50. The first-order chi connectivity index (χ1) is 12.0. The number of para-hydroxylation sites is 1. The summed E-state index contributed by atoms with van der Waals surface area (Å²) in [7, 11) is 0. The number of rotatable bonds is 4. The molecule has 1 heterocycles. The fourth-order valence-corrected chi connectivity index (χ4v) is 3.15. The van der Waals surface area contributed by atoms with Crippen molar-refractivity contribution in [2.75, 3.05) is 15.5 Å². The Hall–Kier alpha value is -2.67. The molecule has 6 nitrogen and oxygen atoms in total. The van der Waals surface area contributed by atoms with Crippen LogP contribution in [-0.4, -0.2) is 23.8 Å². The first-order valence-electron chi connectivity index (χ1n) is 7.71. The molecular formula is C18H16BrN3O3. The van der Waals surface area contributed by atoms with E-state index in [1.165, 1.54) is 11.8 Å². The molecule has 2 aromatic carbocycles. The topological polar surface area (TPSA) is 78.5 Å². The van der Waals surface area contributed by atoms with Crippen molar-refractivity contribution in [3.05, 3.63) is 53.0 Å². The zero-order chi connectivity index (χ0) is 18.0. The molecule has 3 amide bonds. The van der Waals surface area contributed by atoms with E-state index < -0.39 is 6.04 Å². The Balaban J connectivity index is 1.74.